The number of oxime groups is 1. The van der Waals surface area contributed by atoms with Crippen LogP contribution >= 0.6 is 11.6 Å². The van der Waals surface area contributed by atoms with E-state index in [1.165, 1.54) is 24.3 Å². The van der Waals surface area contributed by atoms with Crippen molar-refractivity contribution in [2.45, 2.75) is 24.9 Å². The Labute approximate surface area is 167 Å². The summed E-state index contributed by atoms with van der Waals surface area (Å²) in [4.78, 5) is 13.0. The van der Waals surface area contributed by atoms with Crippen LogP contribution in [0.4, 0.5) is 13.2 Å². The Morgan fingerprint density at radius 3 is 2.59 bits per heavy atom. The third-order valence-corrected chi connectivity index (χ3v) is 5.41. The predicted octanol–water partition coefficient (Wildman–Crippen LogP) is 4.82. The lowest BCUT2D eigenvalue weighted by molar-refractivity contribution is -0.137. The molecule has 0 radical (unpaired) electrons. The predicted molar refractivity (Wildman–Crippen MR) is 101 cm³/mol. The van der Waals surface area contributed by atoms with Gasteiger partial charge in [-0.05, 0) is 42.2 Å². The number of pyridine rings is 1. The van der Waals surface area contributed by atoms with E-state index in [9.17, 15) is 28.4 Å². The standard InChI is InChI=1S/C20H14ClF3N2O3/c21-13-4-5-16-14(9-13)19(27)18-15(25-28)7-11(8-17(18)26(16)29)10-2-1-3-12(6-10)20(22,23)24/h1-6,9,11,28-29H,7-8H2/b25-15+. The molecule has 2 N–H and O–H groups in total. The molecule has 0 saturated heterocycles. The van der Waals surface area contributed by atoms with Gasteiger partial charge in [0.15, 0.2) is 5.43 Å². The van der Waals surface area contributed by atoms with Crippen LogP contribution in [0.2, 0.25) is 5.02 Å². The van der Waals surface area contributed by atoms with Gasteiger partial charge in [-0.2, -0.15) is 17.9 Å². The molecule has 150 valence electrons. The lowest BCUT2D eigenvalue weighted by Crippen LogP contribution is -2.31. The average molecular weight is 423 g/mol. The topological polar surface area (TPSA) is 74.8 Å². The molecule has 0 saturated carbocycles. The summed E-state index contributed by atoms with van der Waals surface area (Å²) in [6, 6.07) is 9.24. The number of nitrogens with zero attached hydrogens (tertiary/aromatic N) is 2. The van der Waals surface area contributed by atoms with E-state index in [0.717, 1.165) is 16.9 Å². The number of benzene rings is 2. The highest BCUT2D eigenvalue weighted by atomic mass is 35.5. The molecule has 5 nitrogen and oxygen atoms in total. The van der Waals surface area contributed by atoms with E-state index in [1.54, 1.807) is 6.07 Å². The normalized spacial score (nSPS) is 18.2. The molecule has 29 heavy (non-hydrogen) atoms. The van der Waals surface area contributed by atoms with Gasteiger partial charge in [0.05, 0.1) is 33.4 Å². The molecule has 1 aliphatic rings. The molecule has 1 aromatic heterocycles. The Morgan fingerprint density at radius 1 is 1.14 bits per heavy atom. The monoisotopic (exact) mass is 422 g/mol. The summed E-state index contributed by atoms with van der Waals surface area (Å²) in [6.45, 7) is 0. The summed E-state index contributed by atoms with van der Waals surface area (Å²) in [5, 5.41) is 23.8. The first kappa shape index (κ1) is 19.3. The summed E-state index contributed by atoms with van der Waals surface area (Å²) in [6.07, 6.45) is -4.35. The summed E-state index contributed by atoms with van der Waals surface area (Å²) in [5.74, 6) is -0.516. The van der Waals surface area contributed by atoms with Gasteiger partial charge in [-0.25, -0.2) is 0 Å². The number of fused-ring (bicyclic) bond motifs is 2. The summed E-state index contributed by atoms with van der Waals surface area (Å²) in [5.41, 5.74) is -0.464. The van der Waals surface area contributed by atoms with Gasteiger partial charge in [0, 0.05) is 11.4 Å². The number of rotatable bonds is 1. The third-order valence-electron chi connectivity index (χ3n) is 5.18. The second-order valence-electron chi connectivity index (χ2n) is 6.90. The van der Waals surface area contributed by atoms with Crippen LogP contribution in [0.15, 0.2) is 52.4 Å². The maximum Gasteiger partial charge on any atom is 0.416 e. The van der Waals surface area contributed by atoms with E-state index < -0.39 is 23.1 Å². The zero-order chi connectivity index (χ0) is 20.9. The molecule has 1 heterocycles. The van der Waals surface area contributed by atoms with Gasteiger partial charge in [-0.15, -0.1) is 0 Å². The maximum absolute atomic E-state index is 13.1. The molecule has 9 heteroatoms. The molecule has 1 aliphatic carbocycles. The molecular formula is C20H14ClF3N2O3. The number of hydrogen-bond acceptors (Lipinski definition) is 4. The molecule has 0 spiro atoms. The van der Waals surface area contributed by atoms with Gasteiger partial charge in [0.1, 0.15) is 0 Å². The highest BCUT2D eigenvalue weighted by molar-refractivity contribution is 6.31. The lowest BCUT2D eigenvalue weighted by Gasteiger charge is -2.27. The Morgan fingerprint density at radius 2 is 1.90 bits per heavy atom. The largest absolute Gasteiger partial charge is 0.428 e. The third kappa shape index (κ3) is 3.23. The minimum atomic E-state index is -4.50. The van der Waals surface area contributed by atoms with E-state index >= 15 is 0 Å². The van der Waals surface area contributed by atoms with E-state index in [2.05, 4.69) is 5.16 Å². The highest BCUT2D eigenvalue weighted by Crippen LogP contribution is 2.36. The summed E-state index contributed by atoms with van der Waals surface area (Å²) in [7, 11) is 0. The Kier molecular flexibility index (Phi) is 4.53. The van der Waals surface area contributed by atoms with Crippen molar-refractivity contribution in [2.75, 3.05) is 0 Å². The Hall–Kier alpha value is -3.00. The molecule has 0 aliphatic heterocycles. The quantitative estimate of drug-likeness (QED) is 0.335. The molecule has 0 bridgehead atoms. The SMILES string of the molecule is O=c1c2c(n(O)c3ccc(Cl)cc13)CC(c1cccc(C(F)(F)F)c1)C/C2=N\O. The molecular weight excluding hydrogens is 409 g/mol. The van der Waals surface area contributed by atoms with Crippen LogP contribution in [0.1, 0.15) is 34.7 Å². The number of alkyl halides is 3. The molecule has 1 atom stereocenters. The van der Waals surface area contributed by atoms with Gasteiger partial charge >= 0.3 is 6.18 Å². The van der Waals surface area contributed by atoms with Crippen molar-refractivity contribution in [1.82, 2.24) is 4.73 Å². The van der Waals surface area contributed by atoms with Crippen LogP contribution in [0, 0.1) is 0 Å². The second kappa shape index (κ2) is 6.81. The number of hydrogen-bond donors (Lipinski definition) is 2. The molecule has 4 rings (SSSR count). The van der Waals surface area contributed by atoms with E-state index in [-0.39, 0.29) is 40.7 Å². The van der Waals surface area contributed by atoms with E-state index in [1.807, 2.05) is 0 Å². The molecule has 2 aromatic carbocycles. The smallest absolute Gasteiger partial charge is 0.416 e. The van der Waals surface area contributed by atoms with Crippen molar-refractivity contribution < 1.29 is 23.6 Å². The average Bonchev–Trinajstić information content (AvgIpc) is 2.70. The maximum atomic E-state index is 13.1. The first-order valence-electron chi connectivity index (χ1n) is 8.65. The van der Waals surface area contributed by atoms with Gasteiger partial charge in [-0.1, -0.05) is 35.0 Å². The van der Waals surface area contributed by atoms with Crippen molar-refractivity contribution in [2.24, 2.45) is 5.16 Å². The van der Waals surface area contributed by atoms with Crippen LogP contribution in [0.25, 0.3) is 10.9 Å². The van der Waals surface area contributed by atoms with Gasteiger partial charge < -0.3 is 10.4 Å². The van der Waals surface area contributed by atoms with Gasteiger partial charge in [-0.3, -0.25) is 4.79 Å². The van der Waals surface area contributed by atoms with Crippen molar-refractivity contribution in [1.29, 1.82) is 0 Å². The fraction of sp³-hybridized carbons (Fsp3) is 0.200. The minimum Gasteiger partial charge on any atom is -0.428 e. The first-order chi connectivity index (χ1) is 13.7. The van der Waals surface area contributed by atoms with E-state index in [0.29, 0.717) is 10.6 Å². The first-order valence-corrected chi connectivity index (χ1v) is 9.03. The van der Waals surface area contributed by atoms with Crippen molar-refractivity contribution in [3.63, 3.8) is 0 Å². The zero-order valence-corrected chi connectivity index (χ0v) is 15.5. The van der Waals surface area contributed by atoms with Crippen LogP contribution in [0.5, 0.6) is 0 Å². The minimum absolute atomic E-state index is 0.00309. The number of halogens is 4. The lowest BCUT2D eigenvalue weighted by atomic mass is 9.80. The van der Waals surface area contributed by atoms with Crippen LogP contribution in [0.3, 0.4) is 0 Å². The Bertz CT molecular complexity index is 1220. The van der Waals surface area contributed by atoms with Crippen LogP contribution < -0.4 is 5.43 Å². The fourth-order valence-electron chi connectivity index (χ4n) is 3.81. The molecule has 0 amide bonds. The zero-order valence-electron chi connectivity index (χ0n) is 14.7. The summed E-state index contributed by atoms with van der Waals surface area (Å²) >= 11 is 5.95. The molecule has 0 fully saturated rings. The van der Waals surface area contributed by atoms with Crippen molar-refractivity contribution in [3.8, 4) is 0 Å². The van der Waals surface area contributed by atoms with Crippen molar-refractivity contribution >= 4 is 28.2 Å². The van der Waals surface area contributed by atoms with E-state index in [4.69, 9.17) is 11.6 Å². The second-order valence-corrected chi connectivity index (χ2v) is 7.34. The van der Waals surface area contributed by atoms with Gasteiger partial charge in [0.25, 0.3) is 0 Å². The molecule has 3 aromatic rings. The Balaban J connectivity index is 1.89. The fourth-order valence-corrected chi connectivity index (χ4v) is 3.99. The van der Waals surface area contributed by atoms with Gasteiger partial charge in [0.2, 0.25) is 0 Å². The van der Waals surface area contributed by atoms with Crippen molar-refractivity contribution in [3.05, 3.63) is 80.1 Å². The highest BCUT2D eigenvalue weighted by Gasteiger charge is 2.34. The van der Waals surface area contributed by atoms with Crippen LogP contribution in [-0.4, -0.2) is 20.9 Å². The number of aromatic nitrogens is 1. The summed E-state index contributed by atoms with van der Waals surface area (Å²) < 4.78 is 40.1. The van der Waals surface area contributed by atoms with Crippen LogP contribution in [-0.2, 0) is 12.6 Å². The molecule has 1 unspecified atom stereocenters.